The second kappa shape index (κ2) is 6.00. The molecule has 1 aromatic heterocycles. The minimum atomic E-state index is -1.11. The zero-order chi connectivity index (χ0) is 12.8. The van der Waals surface area contributed by atoms with Crippen molar-refractivity contribution in [2.45, 2.75) is 13.3 Å². The summed E-state index contributed by atoms with van der Waals surface area (Å²) in [4.78, 5) is 26.4. The molecule has 0 spiro atoms. The van der Waals surface area contributed by atoms with E-state index in [4.69, 9.17) is 5.11 Å². The third-order valence-electron chi connectivity index (χ3n) is 1.76. The van der Waals surface area contributed by atoms with Crippen molar-refractivity contribution in [2.75, 3.05) is 11.9 Å². The molecule has 1 heterocycles. The van der Waals surface area contributed by atoms with Crippen molar-refractivity contribution >= 4 is 28.5 Å². The first kappa shape index (κ1) is 13.2. The Hall–Kier alpha value is -1.89. The number of hydrogen-bond donors (Lipinski definition) is 2. The predicted molar refractivity (Wildman–Crippen MR) is 63.6 cm³/mol. The summed E-state index contributed by atoms with van der Waals surface area (Å²) in [7, 11) is 0. The van der Waals surface area contributed by atoms with Crippen LogP contribution in [0.2, 0.25) is 0 Å². The molecule has 0 unspecified atom stereocenters. The third kappa shape index (κ3) is 3.56. The van der Waals surface area contributed by atoms with Crippen molar-refractivity contribution in [1.82, 2.24) is 4.98 Å². The molecule has 0 saturated carbocycles. The summed E-state index contributed by atoms with van der Waals surface area (Å²) < 4.78 is 4.69. The minimum Gasteiger partial charge on any atom is -0.476 e. The van der Waals surface area contributed by atoms with Gasteiger partial charge >= 0.3 is 12.1 Å². The Morgan fingerprint density at radius 2 is 2.35 bits per heavy atom. The van der Waals surface area contributed by atoms with Crippen LogP contribution in [0.15, 0.2) is 12.7 Å². The number of carbonyl (C=O) groups is 2. The van der Waals surface area contributed by atoms with Gasteiger partial charge in [-0.15, -0.1) is 11.3 Å². The van der Waals surface area contributed by atoms with E-state index in [-0.39, 0.29) is 17.4 Å². The Labute approximate surface area is 102 Å². The lowest BCUT2D eigenvalue weighted by Gasteiger charge is -2.00. The Kier molecular flexibility index (Phi) is 4.65. The van der Waals surface area contributed by atoms with E-state index in [1.165, 1.54) is 6.08 Å². The van der Waals surface area contributed by atoms with Crippen LogP contribution in [-0.2, 0) is 11.2 Å². The Morgan fingerprint density at radius 1 is 1.65 bits per heavy atom. The van der Waals surface area contributed by atoms with Crippen LogP contribution in [0.25, 0.3) is 0 Å². The van der Waals surface area contributed by atoms with E-state index in [0.29, 0.717) is 11.3 Å². The number of rotatable bonds is 5. The van der Waals surface area contributed by atoms with Crippen molar-refractivity contribution in [3.8, 4) is 0 Å². The molecule has 0 bridgehead atoms. The van der Waals surface area contributed by atoms with Gasteiger partial charge in [0, 0.05) is 4.88 Å². The SMILES string of the molecule is C=CCOC(=O)Nc1nc(C(=O)O)c(CC)s1. The lowest BCUT2D eigenvalue weighted by Crippen LogP contribution is -2.13. The van der Waals surface area contributed by atoms with Gasteiger partial charge in [0.25, 0.3) is 0 Å². The summed E-state index contributed by atoms with van der Waals surface area (Å²) in [5.41, 5.74) is -0.0310. The summed E-state index contributed by atoms with van der Waals surface area (Å²) in [5, 5.41) is 11.5. The zero-order valence-corrected chi connectivity index (χ0v) is 10.0. The van der Waals surface area contributed by atoms with E-state index in [1.807, 2.05) is 6.92 Å². The molecule has 0 saturated heterocycles. The number of amides is 1. The molecule has 0 fully saturated rings. The molecule has 0 radical (unpaired) electrons. The van der Waals surface area contributed by atoms with Gasteiger partial charge < -0.3 is 9.84 Å². The number of carboxylic acids is 1. The number of anilines is 1. The van der Waals surface area contributed by atoms with Crippen molar-refractivity contribution < 1.29 is 19.4 Å². The van der Waals surface area contributed by atoms with Crippen molar-refractivity contribution in [3.05, 3.63) is 23.2 Å². The van der Waals surface area contributed by atoms with E-state index >= 15 is 0 Å². The number of carboxylic acid groups (broad SMARTS) is 1. The molecule has 1 aromatic rings. The number of nitrogens with one attached hydrogen (secondary N) is 1. The van der Waals surface area contributed by atoms with E-state index in [1.54, 1.807) is 0 Å². The summed E-state index contributed by atoms with van der Waals surface area (Å²) in [6, 6.07) is 0. The lowest BCUT2D eigenvalue weighted by atomic mass is 10.3. The normalized spacial score (nSPS) is 9.71. The van der Waals surface area contributed by atoms with Crippen LogP contribution in [0, 0.1) is 0 Å². The fraction of sp³-hybridized carbons (Fsp3) is 0.300. The molecule has 1 amide bonds. The third-order valence-corrected chi connectivity index (χ3v) is 2.88. The standard InChI is InChI=1S/C10H12N2O4S/c1-3-5-16-10(15)12-9-11-7(8(13)14)6(4-2)17-9/h3H,1,4-5H2,2H3,(H,13,14)(H,11,12,15). The second-order valence-electron chi connectivity index (χ2n) is 2.96. The highest BCUT2D eigenvalue weighted by Crippen LogP contribution is 2.23. The van der Waals surface area contributed by atoms with Gasteiger partial charge in [-0.2, -0.15) is 0 Å². The van der Waals surface area contributed by atoms with Crippen LogP contribution in [0.3, 0.4) is 0 Å². The molecule has 0 aliphatic carbocycles. The van der Waals surface area contributed by atoms with Crippen molar-refractivity contribution in [3.63, 3.8) is 0 Å². The highest BCUT2D eigenvalue weighted by molar-refractivity contribution is 7.16. The number of aromatic carboxylic acids is 1. The molecule has 0 atom stereocenters. The summed E-state index contributed by atoms with van der Waals surface area (Å²) in [6.07, 6.45) is 1.29. The Bertz CT molecular complexity index is 442. The zero-order valence-electron chi connectivity index (χ0n) is 9.23. The number of hydrogen-bond acceptors (Lipinski definition) is 5. The summed E-state index contributed by atoms with van der Waals surface area (Å²) in [5.74, 6) is -1.11. The smallest absolute Gasteiger partial charge is 0.413 e. The molecule has 0 aliphatic rings. The van der Waals surface area contributed by atoms with Gasteiger partial charge in [-0.1, -0.05) is 19.6 Å². The number of nitrogens with zero attached hydrogens (tertiary/aromatic N) is 1. The molecule has 0 aromatic carbocycles. The quantitative estimate of drug-likeness (QED) is 0.788. The van der Waals surface area contributed by atoms with E-state index < -0.39 is 12.1 Å². The minimum absolute atomic E-state index is 0.0310. The van der Waals surface area contributed by atoms with Gasteiger partial charge in [-0.05, 0) is 6.42 Å². The van der Waals surface area contributed by atoms with Gasteiger partial charge in [0.2, 0.25) is 0 Å². The van der Waals surface area contributed by atoms with Crippen LogP contribution in [0.5, 0.6) is 0 Å². The molecule has 92 valence electrons. The van der Waals surface area contributed by atoms with Crippen molar-refractivity contribution in [1.29, 1.82) is 0 Å². The predicted octanol–water partition coefficient (Wildman–Crippen LogP) is 2.14. The van der Waals surface area contributed by atoms with Crippen LogP contribution < -0.4 is 5.32 Å². The van der Waals surface area contributed by atoms with Crippen LogP contribution in [0.4, 0.5) is 9.93 Å². The molecule has 2 N–H and O–H groups in total. The Balaban J connectivity index is 2.75. The summed E-state index contributed by atoms with van der Waals surface area (Å²) >= 11 is 1.12. The molecule has 0 aliphatic heterocycles. The van der Waals surface area contributed by atoms with Gasteiger partial charge in [-0.25, -0.2) is 14.6 Å². The van der Waals surface area contributed by atoms with Gasteiger partial charge in [0.1, 0.15) is 6.61 Å². The summed E-state index contributed by atoms with van der Waals surface area (Å²) in [6.45, 7) is 5.30. The lowest BCUT2D eigenvalue weighted by molar-refractivity contribution is 0.0690. The maximum Gasteiger partial charge on any atom is 0.413 e. The number of thiazole rings is 1. The first-order chi connectivity index (χ1) is 8.08. The number of ether oxygens (including phenoxy) is 1. The largest absolute Gasteiger partial charge is 0.476 e. The highest BCUT2D eigenvalue weighted by atomic mass is 32.1. The number of aromatic nitrogens is 1. The van der Waals surface area contributed by atoms with Crippen LogP contribution in [-0.4, -0.2) is 28.8 Å². The van der Waals surface area contributed by atoms with E-state index in [2.05, 4.69) is 21.6 Å². The van der Waals surface area contributed by atoms with Gasteiger partial charge in [0.05, 0.1) is 0 Å². The molecule has 6 nitrogen and oxygen atoms in total. The maximum absolute atomic E-state index is 11.2. The molecule has 1 rings (SSSR count). The van der Waals surface area contributed by atoms with E-state index in [9.17, 15) is 9.59 Å². The number of carbonyl (C=O) groups excluding carboxylic acids is 1. The molecule has 17 heavy (non-hydrogen) atoms. The average molecular weight is 256 g/mol. The molecule has 7 heteroatoms. The van der Waals surface area contributed by atoms with Crippen LogP contribution >= 0.6 is 11.3 Å². The molecular weight excluding hydrogens is 244 g/mol. The topological polar surface area (TPSA) is 88.5 Å². The van der Waals surface area contributed by atoms with Crippen molar-refractivity contribution in [2.24, 2.45) is 0 Å². The average Bonchev–Trinajstić information content (AvgIpc) is 2.69. The van der Waals surface area contributed by atoms with Crippen LogP contribution in [0.1, 0.15) is 22.3 Å². The number of aryl methyl sites for hydroxylation is 1. The maximum atomic E-state index is 11.2. The Morgan fingerprint density at radius 3 is 2.82 bits per heavy atom. The second-order valence-corrected chi connectivity index (χ2v) is 4.05. The molecular formula is C10H12N2O4S. The monoisotopic (exact) mass is 256 g/mol. The highest BCUT2D eigenvalue weighted by Gasteiger charge is 2.17. The first-order valence-corrected chi connectivity index (χ1v) is 5.67. The van der Waals surface area contributed by atoms with Gasteiger partial charge in [0.15, 0.2) is 10.8 Å². The first-order valence-electron chi connectivity index (χ1n) is 4.86. The fourth-order valence-corrected chi connectivity index (χ4v) is 1.95. The van der Waals surface area contributed by atoms with Gasteiger partial charge in [-0.3, -0.25) is 5.32 Å². The fourth-order valence-electron chi connectivity index (χ4n) is 1.07. The van der Waals surface area contributed by atoms with E-state index in [0.717, 1.165) is 11.3 Å².